The van der Waals surface area contributed by atoms with Crippen LogP contribution in [0, 0.1) is 0 Å². The molecule has 1 aliphatic rings. The lowest BCUT2D eigenvalue weighted by Crippen LogP contribution is -2.46. The van der Waals surface area contributed by atoms with E-state index >= 15 is 0 Å². The predicted molar refractivity (Wildman–Crippen MR) is 81.3 cm³/mol. The van der Waals surface area contributed by atoms with Crippen LogP contribution >= 0.6 is 0 Å². The Kier molecular flexibility index (Phi) is 5.56. The molecule has 20 heavy (non-hydrogen) atoms. The van der Waals surface area contributed by atoms with Gasteiger partial charge in [-0.25, -0.2) is 0 Å². The fourth-order valence-corrected chi connectivity index (χ4v) is 2.66. The van der Waals surface area contributed by atoms with Crippen LogP contribution in [0.1, 0.15) is 37.8 Å². The zero-order valence-corrected chi connectivity index (χ0v) is 12.2. The highest BCUT2D eigenvalue weighted by atomic mass is 16.2. The number of nitrogens with zero attached hydrogens (tertiary/aromatic N) is 1. The van der Waals surface area contributed by atoms with E-state index in [1.807, 2.05) is 30.3 Å². The van der Waals surface area contributed by atoms with Crippen LogP contribution in [0.3, 0.4) is 0 Å². The number of carbonyl (C=O) groups is 1. The first-order valence-electron chi connectivity index (χ1n) is 7.51. The Morgan fingerprint density at radius 2 is 1.90 bits per heavy atom. The molecule has 3 N–H and O–H groups in total. The van der Waals surface area contributed by atoms with E-state index in [2.05, 4.69) is 17.1 Å². The molecule has 1 aromatic rings. The maximum atomic E-state index is 12.1. The van der Waals surface area contributed by atoms with Crippen molar-refractivity contribution in [3.05, 3.63) is 35.9 Å². The first-order valence-corrected chi connectivity index (χ1v) is 7.51. The zero-order valence-electron chi connectivity index (χ0n) is 12.2. The SMILES string of the molecule is CC(CNC(=O)C(N)c1ccccc1)N1CCCCC1. The third-order valence-electron chi connectivity index (χ3n) is 4.03. The zero-order chi connectivity index (χ0) is 14.4. The normalized spacial score (nSPS) is 19.3. The molecule has 1 saturated heterocycles. The highest BCUT2D eigenvalue weighted by Gasteiger charge is 2.19. The van der Waals surface area contributed by atoms with E-state index in [0.29, 0.717) is 12.6 Å². The molecule has 4 heteroatoms. The van der Waals surface area contributed by atoms with Crippen molar-refractivity contribution < 1.29 is 4.79 Å². The van der Waals surface area contributed by atoms with Gasteiger partial charge < -0.3 is 11.1 Å². The van der Waals surface area contributed by atoms with Gasteiger partial charge in [0.05, 0.1) is 0 Å². The number of benzene rings is 1. The second-order valence-electron chi connectivity index (χ2n) is 5.58. The molecule has 4 nitrogen and oxygen atoms in total. The first kappa shape index (κ1) is 15.0. The van der Waals surface area contributed by atoms with Gasteiger partial charge in [-0.2, -0.15) is 0 Å². The van der Waals surface area contributed by atoms with Crippen molar-refractivity contribution in [1.82, 2.24) is 10.2 Å². The molecule has 1 aliphatic heterocycles. The summed E-state index contributed by atoms with van der Waals surface area (Å²) in [5.41, 5.74) is 6.83. The Hall–Kier alpha value is -1.39. The number of rotatable bonds is 5. The molecule has 1 aromatic carbocycles. The maximum absolute atomic E-state index is 12.1. The van der Waals surface area contributed by atoms with Crippen LogP contribution < -0.4 is 11.1 Å². The highest BCUT2D eigenvalue weighted by Crippen LogP contribution is 2.12. The van der Waals surface area contributed by atoms with Crippen LogP contribution in [-0.4, -0.2) is 36.5 Å². The minimum Gasteiger partial charge on any atom is -0.353 e. The number of likely N-dealkylation sites (tertiary alicyclic amines) is 1. The smallest absolute Gasteiger partial charge is 0.241 e. The Bertz CT molecular complexity index is 415. The van der Waals surface area contributed by atoms with Crippen molar-refractivity contribution in [2.24, 2.45) is 5.73 Å². The molecule has 1 heterocycles. The monoisotopic (exact) mass is 275 g/mol. The summed E-state index contributed by atoms with van der Waals surface area (Å²) in [7, 11) is 0. The third-order valence-corrected chi connectivity index (χ3v) is 4.03. The standard InChI is InChI=1S/C16H25N3O/c1-13(19-10-6-3-7-11-19)12-18-16(20)15(17)14-8-4-2-5-9-14/h2,4-5,8-9,13,15H,3,6-7,10-12,17H2,1H3,(H,18,20). The van der Waals surface area contributed by atoms with E-state index in [9.17, 15) is 4.79 Å². The topological polar surface area (TPSA) is 58.4 Å². The summed E-state index contributed by atoms with van der Waals surface area (Å²) in [6.07, 6.45) is 3.86. The number of amides is 1. The van der Waals surface area contributed by atoms with E-state index < -0.39 is 6.04 Å². The molecule has 0 spiro atoms. The molecule has 110 valence electrons. The number of hydrogen-bond acceptors (Lipinski definition) is 3. The fraction of sp³-hybridized carbons (Fsp3) is 0.562. The minimum atomic E-state index is -0.579. The van der Waals surface area contributed by atoms with Crippen molar-refractivity contribution in [1.29, 1.82) is 0 Å². The third kappa shape index (κ3) is 4.05. The van der Waals surface area contributed by atoms with E-state index in [0.717, 1.165) is 18.7 Å². The van der Waals surface area contributed by atoms with E-state index in [4.69, 9.17) is 5.73 Å². The number of hydrogen-bond donors (Lipinski definition) is 2. The summed E-state index contributed by atoms with van der Waals surface area (Å²) in [5, 5.41) is 2.97. The van der Waals surface area contributed by atoms with Crippen LogP contribution in [0.15, 0.2) is 30.3 Å². The van der Waals surface area contributed by atoms with E-state index in [1.165, 1.54) is 19.3 Å². The number of carbonyl (C=O) groups excluding carboxylic acids is 1. The Morgan fingerprint density at radius 3 is 2.55 bits per heavy atom. The molecule has 0 radical (unpaired) electrons. The number of nitrogens with one attached hydrogen (secondary N) is 1. The molecule has 1 fully saturated rings. The first-order chi connectivity index (χ1) is 9.68. The van der Waals surface area contributed by atoms with Gasteiger partial charge >= 0.3 is 0 Å². The van der Waals surface area contributed by atoms with Gasteiger partial charge in [0.25, 0.3) is 0 Å². The highest BCUT2D eigenvalue weighted by molar-refractivity contribution is 5.82. The van der Waals surface area contributed by atoms with Crippen LogP contribution in [0.4, 0.5) is 0 Å². The van der Waals surface area contributed by atoms with Gasteiger partial charge in [-0.05, 0) is 38.4 Å². The van der Waals surface area contributed by atoms with Gasteiger partial charge in [-0.1, -0.05) is 36.8 Å². The van der Waals surface area contributed by atoms with Crippen molar-refractivity contribution in [3.63, 3.8) is 0 Å². The summed E-state index contributed by atoms with van der Waals surface area (Å²) in [6, 6.07) is 9.30. The van der Waals surface area contributed by atoms with Crippen molar-refractivity contribution >= 4 is 5.91 Å². The summed E-state index contributed by atoms with van der Waals surface area (Å²) in [5.74, 6) is -0.0972. The second-order valence-corrected chi connectivity index (χ2v) is 5.58. The van der Waals surface area contributed by atoms with Crippen molar-refractivity contribution in [3.8, 4) is 0 Å². The summed E-state index contributed by atoms with van der Waals surface area (Å²) < 4.78 is 0. The van der Waals surface area contributed by atoms with Gasteiger partial charge in [0.2, 0.25) is 5.91 Å². The number of piperidine rings is 1. The molecule has 0 aliphatic carbocycles. The fourth-order valence-electron chi connectivity index (χ4n) is 2.66. The molecule has 0 bridgehead atoms. The van der Waals surface area contributed by atoms with E-state index in [-0.39, 0.29) is 5.91 Å². The minimum absolute atomic E-state index is 0.0972. The van der Waals surface area contributed by atoms with Crippen molar-refractivity contribution in [2.45, 2.75) is 38.3 Å². The molecule has 2 atom stereocenters. The lowest BCUT2D eigenvalue weighted by molar-refractivity contribution is -0.122. The van der Waals surface area contributed by atoms with Gasteiger partial charge in [0.1, 0.15) is 6.04 Å². The molecule has 1 amide bonds. The van der Waals surface area contributed by atoms with Gasteiger partial charge in [0.15, 0.2) is 0 Å². The molecular formula is C16H25N3O. The van der Waals surface area contributed by atoms with Gasteiger partial charge in [-0.15, -0.1) is 0 Å². The molecule has 0 aromatic heterocycles. The van der Waals surface area contributed by atoms with Gasteiger partial charge in [-0.3, -0.25) is 9.69 Å². The second kappa shape index (κ2) is 7.41. The Balaban J connectivity index is 1.79. The summed E-state index contributed by atoms with van der Waals surface area (Å²) in [6.45, 7) is 5.11. The van der Waals surface area contributed by atoms with Crippen LogP contribution in [0.2, 0.25) is 0 Å². The summed E-state index contributed by atoms with van der Waals surface area (Å²) in [4.78, 5) is 14.5. The summed E-state index contributed by atoms with van der Waals surface area (Å²) >= 11 is 0. The average molecular weight is 275 g/mol. The number of nitrogens with two attached hydrogens (primary N) is 1. The van der Waals surface area contributed by atoms with E-state index in [1.54, 1.807) is 0 Å². The van der Waals surface area contributed by atoms with Crippen LogP contribution in [0.5, 0.6) is 0 Å². The van der Waals surface area contributed by atoms with Crippen molar-refractivity contribution in [2.75, 3.05) is 19.6 Å². The van der Waals surface area contributed by atoms with Crippen LogP contribution in [-0.2, 0) is 4.79 Å². The molecule has 2 rings (SSSR count). The predicted octanol–water partition coefficient (Wildman–Crippen LogP) is 1.68. The average Bonchev–Trinajstić information content (AvgIpc) is 2.53. The lowest BCUT2D eigenvalue weighted by Gasteiger charge is -2.32. The quantitative estimate of drug-likeness (QED) is 0.859. The van der Waals surface area contributed by atoms with Crippen LogP contribution in [0.25, 0.3) is 0 Å². The molecule has 2 unspecified atom stereocenters. The molecular weight excluding hydrogens is 250 g/mol. The van der Waals surface area contributed by atoms with Gasteiger partial charge in [0, 0.05) is 12.6 Å². The molecule has 0 saturated carbocycles. The Morgan fingerprint density at radius 1 is 1.25 bits per heavy atom. The maximum Gasteiger partial charge on any atom is 0.241 e. The lowest BCUT2D eigenvalue weighted by atomic mass is 10.1. The Labute approximate surface area is 121 Å². The largest absolute Gasteiger partial charge is 0.353 e.